The number of phenolic OH excluding ortho intramolecular Hbond substituents is 1. The molecule has 0 unspecified atom stereocenters. The van der Waals surface area contributed by atoms with Gasteiger partial charge >= 0.3 is 0 Å². The molecule has 0 bridgehead atoms. The third-order valence-corrected chi connectivity index (χ3v) is 5.58. The Bertz CT molecular complexity index is 873. The average Bonchev–Trinajstić information content (AvgIpc) is 3.19. The highest BCUT2D eigenvalue weighted by Crippen LogP contribution is 2.42. The first-order valence-electron chi connectivity index (χ1n) is 7.47. The number of carbonyl (C=O) groups is 1. The SMILES string of the molecule is C=CCc1cc(/C=C2\SC(=N)[C@H](c3nccs3)C2=O)cc(OC)c1O. The molecule has 1 aromatic carbocycles. The van der Waals surface area contributed by atoms with Crippen molar-refractivity contribution in [1.82, 2.24) is 4.98 Å². The number of thiazole rings is 1. The van der Waals surface area contributed by atoms with E-state index in [2.05, 4.69) is 11.6 Å². The lowest BCUT2D eigenvalue weighted by Crippen LogP contribution is -2.11. The van der Waals surface area contributed by atoms with Crippen molar-refractivity contribution in [3.05, 3.63) is 57.4 Å². The van der Waals surface area contributed by atoms with Crippen LogP contribution in [0.3, 0.4) is 0 Å². The van der Waals surface area contributed by atoms with E-state index in [1.54, 1.807) is 35.9 Å². The molecule has 2 heterocycles. The van der Waals surface area contributed by atoms with Gasteiger partial charge in [0.1, 0.15) is 10.9 Å². The highest BCUT2D eigenvalue weighted by molar-refractivity contribution is 8.19. The number of methoxy groups -OCH3 is 1. The molecule has 25 heavy (non-hydrogen) atoms. The highest BCUT2D eigenvalue weighted by Gasteiger charge is 2.38. The third-order valence-electron chi connectivity index (χ3n) is 3.74. The fraction of sp³-hybridized carbons (Fsp3) is 0.167. The molecule has 0 amide bonds. The second-order valence-corrected chi connectivity index (χ2v) is 7.38. The van der Waals surface area contributed by atoms with Crippen LogP contribution in [0.4, 0.5) is 0 Å². The van der Waals surface area contributed by atoms with Crippen molar-refractivity contribution < 1.29 is 14.6 Å². The van der Waals surface area contributed by atoms with E-state index < -0.39 is 5.92 Å². The molecule has 0 radical (unpaired) electrons. The normalized spacial score (nSPS) is 18.8. The first-order chi connectivity index (χ1) is 12.0. The van der Waals surface area contributed by atoms with Gasteiger partial charge in [-0.1, -0.05) is 17.8 Å². The van der Waals surface area contributed by atoms with Gasteiger partial charge in [-0.25, -0.2) is 4.98 Å². The number of hydrogen-bond acceptors (Lipinski definition) is 7. The molecule has 3 rings (SSSR count). The maximum atomic E-state index is 12.7. The van der Waals surface area contributed by atoms with E-state index in [0.717, 1.165) is 17.3 Å². The van der Waals surface area contributed by atoms with Gasteiger partial charge in [-0.2, -0.15) is 0 Å². The lowest BCUT2D eigenvalue weighted by Gasteiger charge is -2.09. The Hall–Kier alpha value is -2.38. The Balaban J connectivity index is 1.98. The Morgan fingerprint density at radius 2 is 2.28 bits per heavy atom. The molecule has 0 aliphatic carbocycles. The van der Waals surface area contributed by atoms with Crippen molar-refractivity contribution in [2.75, 3.05) is 7.11 Å². The number of carbonyl (C=O) groups excluding carboxylic acids is 1. The van der Waals surface area contributed by atoms with Crippen LogP contribution in [-0.2, 0) is 11.2 Å². The van der Waals surface area contributed by atoms with Crippen molar-refractivity contribution >= 4 is 40.0 Å². The maximum absolute atomic E-state index is 12.7. The van der Waals surface area contributed by atoms with E-state index in [4.69, 9.17) is 10.1 Å². The zero-order valence-electron chi connectivity index (χ0n) is 13.5. The molecular formula is C18H16N2O3S2. The van der Waals surface area contributed by atoms with E-state index in [9.17, 15) is 9.90 Å². The summed E-state index contributed by atoms with van der Waals surface area (Å²) in [6.45, 7) is 3.69. The number of rotatable bonds is 5. The Labute approximate surface area is 153 Å². The van der Waals surface area contributed by atoms with Gasteiger partial charge in [0.25, 0.3) is 0 Å². The van der Waals surface area contributed by atoms with Gasteiger partial charge < -0.3 is 9.84 Å². The summed E-state index contributed by atoms with van der Waals surface area (Å²) in [4.78, 5) is 17.3. The number of aromatic hydroxyl groups is 1. The minimum atomic E-state index is -0.608. The molecule has 2 N–H and O–H groups in total. The molecule has 1 saturated heterocycles. The Morgan fingerprint density at radius 3 is 2.92 bits per heavy atom. The number of Topliss-reactive ketones (excluding diaryl/α,β-unsaturated/α-hetero) is 1. The van der Waals surface area contributed by atoms with Gasteiger partial charge in [-0.3, -0.25) is 10.2 Å². The van der Waals surface area contributed by atoms with E-state index in [1.807, 2.05) is 0 Å². The van der Waals surface area contributed by atoms with Crippen LogP contribution in [0, 0.1) is 5.41 Å². The Morgan fingerprint density at radius 1 is 1.48 bits per heavy atom. The molecule has 1 aliphatic rings. The maximum Gasteiger partial charge on any atom is 0.186 e. The summed E-state index contributed by atoms with van der Waals surface area (Å²) in [6, 6.07) is 3.46. The molecule has 1 aromatic heterocycles. The van der Waals surface area contributed by atoms with Crippen LogP contribution in [-0.4, -0.2) is 28.0 Å². The smallest absolute Gasteiger partial charge is 0.186 e. The lowest BCUT2D eigenvalue weighted by molar-refractivity contribution is -0.114. The van der Waals surface area contributed by atoms with Crippen LogP contribution in [0.1, 0.15) is 22.1 Å². The fourth-order valence-corrected chi connectivity index (χ4v) is 4.39. The fourth-order valence-electron chi connectivity index (χ4n) is 2.58. The number of nitrogens with one attached hydrogen (secondary N) is 1. The molecule has 0 saturated carbocycles. The summed E-state index contributed by atoms with van der Waals surface area (Å²) >= 11 is 2.53. The minimum absolute atomic E-state index is 0.0726. The summed E-state index contributed by atoms with van der Waals surface area (Å²) in [5.74, 6) is -0.318. The zero-order valence-corrected chi connectivity index (χ0v) is 15.1. The molecule has 1 aliphatic heterocycles. The third kappa shape index (κ3) is 3.38. The van der Waals surface area contributed by atoms with Gasteiger partial charge in [-0.15, -0.1) is 17.9 Å². The number of hydrogen-bond donors (Lipinski definition) is 2. The van der Waals surface area contributed by atoms with Crippen molar-refractivity contribution in [3.8, 4) is 11.5 Å². The summed E-state index contributed by atoms with van der Waals surface area (Å²) in [6.07, 6.45) is 5.54. The molecule has 7 heteroatoms. The largest absolute Gasteiger partial charge is 0.504 e. The molecule has 2 aromatic rings. The number of aromatic nitrogens is 1. The monoisotopic (exact) mass is 372 g/mol. The van der Waals surface area contributed by atoms with E-state index in [1.165, 1.54) is 18.4 Å². The molecule has 1 atom stereocenters. The van der Waals surface area contributed by atoms with Crippen molar-refractivity contribution in [1.29, 1.82) is 5.41 Å². The molecule has 5 nitrogen and oxygen atoms in total. The molecule has 1 fully saturated rings. The molecule has 128 valence electrons. The standard InChI is InChI=1S/C18H16N2O3S2/c1-3-4-11-7-10(8-12(23-2)15(11)21)9-13-16(22)14(17(19)25-13)18-20-5-6-24-18/h3,5-9,14,19,21H,1,4H2,2H3/b13-9-,19-17?/t14-/m1/s1. The zero-order chi connectivity index (χ0) is 18.0. The summed E-state index contributed by atoms with van der Waals surface area (Å²) < 4.78 is 5.21. The van der Waals surface area contributed by atoms with Crippen LogP contribution in [0.5, 0.6) is 11.5 Å². The summed E-state index contributed by atoms with van der Waals surface area (Å²) in [5.41, 5.74) is 1.40. The number of phenols is 1. The Kier molecular flexibility index (Phi) is 5.06. The van der Waals surface area contributed by atoms with Gasteiger partial charge in [-0.05, 0) is 30.2 Å². The van der Waals surface area contributed by atoms with Gasteiger partial charge in [0.2, 0.25) is 0 Å². The number of ether oxygens (including phenoxy) is 1. The van der Waals surface area contributed by atoms with Crippen molar-refractivity contribution in [2.45, 2.75) is 12.3 Å². The first kappa shape index (κ1) is 17.4. The van der Waals surface area contributed by atoms with Crippen LogP contribution >= 0.6 is 23.1 Å². The lowest BCUT2D eigenvalue weighted by atomic mass is 10.0. The van der Waals surface area contributed by atoms with Crippen LogP contribution in [0.15, 0.2) is 41.3 Å². The van der Waals surface area contributed by atoms with E-state index in [0.29, 0.717) is 27.6 Å². The number of thioether (sulfide) groups is 1. The second-order valence-electron chi connectivity index (χ2n) is 5.37. The summed E-state index contributed by atoms with van der Waals surface area (Å²) in [5, 5.41) is 21.0. The van der Waals surface area contributed by atoms with Gasteiger partial charge in [0, 0.05) is 17.1 Å². The number of allylic oxidation sites excluding steroid dienone is 2. The van der Waals surface area contributed by atoms with E-state index in [-0.39, 0.29) is 16.6 Å². The highest BCUT2D eigenvalue weighted by atomic mass is 32.2. The average molecular weight is 372 g/mol. The number of nitrogens with zero attached hydrogens (tertiary/aromatic N) is 1. The minimum Gasteiger partial charge on any atom is -0.504 e. The summed E-state index contributed by atoms with van der Waals surface area (Å²) in [7, 11) is 1.48. The van der Waals surface area contributed by atoms with Crippen LogP contribution in [0.2, 0.25) is 0 Å². The van der Waals surface area contributed by atoms with Crippen molar-refractivity contribution in [2.24, 2.45) is 0 Å². The van der Waals surface area contributed by atoms with Crippen molar-refractivity contribution in [3.63, 3.8) is 0 Å². The molecular weight excluding hydrogens is 356 g/mol. The van der Waals surface area contributed by atoms with E-state index >= 15 is 0 Å². The second kappa shape index (κ2) is 7.25. The predicted octanol–water partition coefficient (Wildman–Crippen LogP) is 4.00. The molecule has 0 spiro atoms. The van der Waals surface area contributed by atoms with Crippen LogP contribution in [0.25, 0.3) is 6.08 Å². The van der Waals surface area contributed by atoms with Crippen LogP contribution < -0.4 is 4.74 Å². The van der Waals surface area contributed by atoms with Gasteiger partial charge in [0.05, 0.1) is 17.1 Å². The quantitative estimate of drug-likeness (QED) is 0.612. The topological polar surface area (TPSA) is 83.3 Å². The number of benzene rings is 1. The first-order valence-corrected chi connectivity index (χ1v) is 9.17. The predicted molar refractivity (Wildman–Crippen MR) is 102 cm³/mol. The van der Waals surface area contributed by atoms with Gasteiger partial charge in [0.15, 0.2) is 17.3 Å². The number of ketones is 1.